The summed E-state index contributed by atoms with van der Waals surface area (Å²) in [6.07, 6.45) is 0. The predicted molar refractivity (Wildman–Crippen MR) is 79.8 cm³/mol. The molecule has 0 unspecified atom stereocenters. The van der Waals surface area contributed by atoms with Gasteiger partial charge in [0.25, 0.3) is 5.91 Å². The van der Waals surface area contributed by atoms with Crippen molar-refractivity contribution in [3.05, 3.63) is 66.0 Å². The lowest BCUT2D eigenvalue weighted by Crippen LogP contribution is -2.31. The average molecular weight is 287 g/mol. The zero-order valence-electron chi connectivity index (χ0n) is 11.9. The van der Waals surface area contributed by atoms with Crippen LogP contribution >= 0.6 is 0 Å². The fourth-order valence-corrected chi connectivity index (χ4v) is 1.90. The van der Waals surface area contributed by atoms with Crippen molar-refractivity contribution in [3.63, 3.8) is 0 Å². The molecule has 0 aliphatic rings. The van der Waals surface area contributed by atoms with E-state index in [0.717, 1.165) is 0 Å². The van der Waals surface area contributed by atoms with E-state index in [1.165, 1.54) is 29.8 Å². The summed E-state index contributed by atoms with van der Waals surface area (Å²) in [5.41, 5.74) is 1.18. The van der Waals surface area contributed by atoms with Crippen LogP contribution in [0.3, 0.4) is 0 Å². The Hall–Kier alpha value is -2.36. The molecular formula is C17H18FNO2. The number of halogens is 1. The predicted octanol–water partition coefficient (Wildman–Crippen LogP) is 3.12. The van der Waals surface area contributed by atoms with E-state index in [4.69, 9.17) is 4.74 Å². The van der Waals surface area contributed by atoms with Crippen molar-refractivity contribution in [2.45, 2.75) is 12.8 Å². The van der Waals surface area contributed by atoms with Gasteiger partial charge in [0.15, 0.2) is 6.61 Å². The highest BCUT2D eigenvalue weighted by Gasteiger charge is 2.08. The second-order valence-electron chi connectivity index (χ2n) is 4.86. The highest BCUT2D eigenvalue weighted by molar-refractivity contribution is 5.77. The number of carbonyl (C=O) groups is 1. The SMILES string of the molecule is C[C@H](CNC(=O)COc1ccc(F)cc1)c1ccccc1. The Balaban J connectivity index is 1.73. The minimum Gasteiger partial charge on any atom is -0.484 e. The highest BCUT2D eigenvalue weighted by Crippen LogP contribution is 2.13. The first-order valence-corrected chi connectivity index (χ1v) is 6.85. The summed E-state index contributed by atoms with van der Waals surface area (Å²) in [5.74, 6) is 0.189. The number of rotatable bonds is 6. The number of amides is 1. The van der Waals surface area contributed by atoms with Crippen LogP contribution in [0.15, 0.2) is 54.6 Å². The number of hydrogen-bond acceptors (Lipinski definition) is 2. The molecule has 0 radical (unpaired) electrons. The van der Waals surface area contributed by atoms with E-state index in [2.05, 4.69) is 12.2 Å². The molecular weight excluding hydrogens is 269 g/mol. The van der Waals surface area contributed by atoms with Crippen molar-refractivity contribution >= 4 is 5.91 Å². The first-order valence-electron chi connectivity index (χ1n) is 6.85. The summed E-state index contributed by atoms with van der Waals surface area (Å²) in [6.45, 7) is 2.53. The third-order valence-corrected chi connectivity index (χ3v) is 3.16. The number of nitrogens with one attached hydrogen (secondary N) is 1. The van der Waals surface area contributed by atoms with E-state index in [-0.39, 0.29) is 24.2 Å². The van der Waals surface area contributed by atoms with Gasteiger partial charge in [0.05, 0.1) is 0 Å². The van der Waals surface area contributed by atoms with Crippen molar-refractivity contribution in [2.24, 2.45) is 0 Å². The number of hydrogen-bond donors (Lipinski definition) is 1. The summed E-state index contributed by atoms with van der Waals surface area (Å²) in [6, 6.07) is 15.6. The summed E-state index contributed by atoms with van der Waals surface area (Å²) in [4.78, 5) is 11.7. The zero-order valence-corrected chi connectivity index (χ0v) is 11.9. The second kappa shape index (κ2) is 7.43. The molecule has 2 rings (SSSR count). The number of benzene rings is 2. The molecule has 0 aromatic heterocycles. The first kappa shape index (κ1) is 15.0. The molecule has 0 heterocycles. The highest BCUT2D eigenvalue weighted by atomic mass is 19.1. The van der Waals surface area contributed by atoms with Crippen molar-refractivity contribution in [1.29, 1.82) is 0 Å². The van der Waals surface area contributed by atoms with Crippen LogP contribution in [0.25, 0.3) is 0 Å². The zero-order chi connectivity index (χ0) is 15.1. The van der Waals surface area contributed by atoms with Crippen molar-refractivity contribution in [1.82, 2.24) is 5.32 Å². The molecule has 1 N–H and O–H groups in total. The average Bonchev–Trinajstić information content (AvgIpc) is 2.53. The molecule has 2 aromatic carbocycles. The molecule has 0 bridgehead atoms. The molecule has 1 atom stereocenters. The van der Waals surface area contributed by atoms with Crippen LogP contribution in [0.1, 0.15) is 18.4 Å². The van der Waals surface area contributed by atoms with Gasteiger partial charge in [0, 0.05) is 6.54 Å². The molecule has 21 heavy (non-hydrogen) atoms. The Morgan fingerprint density at radius 2 is 1.81 bits per heavy atom. The summed E-state index contributed by atoms with van der Waals surface area (Å²) >= 11 is 0. The summed E-state index contributed by atoms with van der Waals surface area (Å²) in [5, 5.41) is 2.82. The van der Waals surface area contributed by atoms with Crippen LogP contribution in [-0.4, -0.2) is 19.1 Å². The molecule has 0 fully saturated rings. The third-order valence-electron chi connectivity index (χ3n) is 3.16. The van der Waals surface area contributed by atoms with Gasteiger partial charge >= 0.3 is 0 Å². The monoisotopic (exact) mass is 287 g/mol. The van der Waals surface area contributed by atoms with Crippen molar-refractivity contribution < 1.29 is 13.9 Å². The van der Waals surface area contributed by atoms with Gasteiger partial charge in [-0.05, 0) is 35.7 Å². The van der Waals surface area contributed by atoms with Gasteiger partial charge in [-0.2, -0.15) is 0 Å². The topological polar surface area (TPSA) is 38.3 Å². The Morgan fingerprint density at radius 3 is 2.48 bits per heavy atom. The molecule has 0 saturated carbocycles. The largest absolute Gasteiger partial charge is 0.484 e. The minimum atomic E-state index is -0.330. The van der Waals surface area contributed by atoms with E-state index in [9.17, 15) is 9.18 Å². The maximum atomic E-state index is 12.7. The molecule has 2 aromatic rings. The third kappa shape index (κ3) is 4.91. The maximum absolute atomic E-state index is 12.7. The van der Waals surface area contributed by atoms with E-state index >= 15 is 0 Å². The van der Waals surface area contributed by atoms with Crippen LogP contribution < -0.4 is 10.1 Å². The smallest absolute Gasteiger partial charge is 0.257 e. The van der Waals surface area contributed by atoms with Gasteiger partial charge in [-0.25, -0.2) is 4.39 Å². The molecule has 4 heteroatoms. The number of ether oxygens (including phenoxy) is 1. The van der Waals surface area contributed by atoms with Crippen LogP contribution in [0.5, 0.6) is 5.75 Å². The van der Waals surface area contributed by atoms with Gasteiger partial charge < -0.3 is 10.1 Å². The van der Waals surface area contributed by atoms with Crippen LogP contribution in [-0.2, 0) is 4.79 Å². The summed E-state index contributed by atoms with van der Waals surface area (Å²) < 4.78 is 18.0. The Morgan fingerprint density at radius 1 is 1.14 bits per heavy atom. The van der Waals surface area contributed by atoms with E-state index in [1.807, 2.05) is 30.3 Å². The van der Waals surface area contributed by atoms with Gasteiger partial charge in [-0.1, -0.05) is 37.3 Å². The normalized spacial score (nSPS) is 11.7. The molecule has 110 valence electrons. The fourth-order valence-electron chi connectivity index (χ4n) is 1.90. The second-order valence-corrected chi connectivity index (χ2v) is 4.86. The van der Waals surface area contributed by atoms with Crippen LogP contribution in [0, 0.1) is 5.82 Å². The summed E-state index contributed by atoms with van der Waals surface area (Å²) in [7, 11) is 0. The Labute approximate surface area is 123 Å². The maximum Gasteiger partial charge on any atom is 0.257 e. The molecule has 1 amide bonds. The molecule has 0 saturated heterocycles. The van der Waals surface area contributed by atoms with Crippen LogP contribution in [0.2, 0.25) is 0 Å². The Kier molecular flexibility index (Phi) is 5.32. The van der Waals surface area contributed by atoms with Gasteiger partial charge in [0.2, 0.25) is 0 Å². The molecule has 0 aliphatic carbocycles. The Bertz CT molecular complexity index is 569. The lowest BCUT2D eigenvalue weighted by atomic mass is 10.0. The van der Waals surface area contributed by atoms with E-state index in [1.54, 1.807) is 0 Å². The van der Waals surface area contributed by atoms with Gasteiger partial charge in [-0.3, -0.25) is 4.79 Å². The lowest BCUT2D eigenvalue weighted by Gasteiger charge is -2.13. The lowest BCUT2D eigenvalue weighted by molar-refractivity contribution is -0.123. The first-order chi connectivity index (χ1) is 10.1. The fraction of sp³-hybridized carbons (Fsp3) is 0.235. The van der Waals surface area contributed by atoms with Gasteiger partial charge in [0.1, 0.15) is 11.6 Å². The molecule has 3 nitrogen and oxygen atoms in total. The van der Waals surface area contributed by atoms with E-state index in [0.29, 0.717) is 12.3 Å². The minimum absolute atomic E-state index is 0.0762. The number of carbonyl (C=O) groups excluding carboxylic acids is 1. The van der Waals surface area contributed by atoms with Crippen LogP contribution in [0.4, 0.5) is 4.39 Å². The molecule has 0 spiro atoms. The van der Waals surface area contributed by atoms with E-state index < -0.39 is 0 Å². The standard InChI is InChI=1S/C17H18FNO2/c1-13(14-5-3-2-4-6-14)11-19-17(20)12-21-16-9-7-15(18)8-10-16/h2-10,13H,11-12H2,1H3,(H,19,20)/t13-/m1/s1. The molecule has 0 aliphatic heterocycles. The van der Waals surface area contributed by atoms with Crippen molar-refractivity contribution in [3.8, 4) is 5.75 Å². The van der Waals surface area contributed by atoms with Crippen molar-refractivity contribution in [2.75, 3.05) is 13.2 Å². The quantitative estimate of drug-likeness (QED) is 0.886. The van der Waals surface area contributed by atoms with Gasteiger partial charge in [-0.15, -0.1) is 0 Å².